The fraction of sp³-hybridized carbons (Fsp3) is 0.500. The van der Waals surface area contributed by atoms with Crippen LogP contribution >= 0.6 is 23.4 Å². The summed E-state index contributed by atoms with van der Waals surface area (Å²) in [4.78, 5) is 4.09. The summed E-state index contributed by atoms with van der Waals surface area (Å²) in [6.07, 6.45) is 1.64. The van der Waals surface area contributed by atoms with Crippen LogP contribution in [-0.2, 0) is 0 Å². The number of aryl methyl sites for hydroxylation is 1. The summed E-state index contributed by atoms with van der Waals surface area (Å²) >= 11 is 7.00. The van der Waals surface area contributed by atoms with Crippen molar-refractivity contribution >= 4 is 23.4 Å². The highest BCUT2D eigenvalue weighted by Gasteiger charge is 1.98. The van der Waals surface area contributed by atoms with Gasteiger partial charge in [0, 0.05) is 11.6 Å². The van der Waals surface area contributed by atoms with Crippen LogP contribution in [0.3, 0.4) is 0 Å². The van der Waals surface area contributed by atoms with E-state index >= 15 is 0 Å². The molecule has 0 saturated heterocycles. The minimum atomic E-state index is 0.631. The first-order valence-corrected chi connectivity index (χ1v) is 4.46. The number of rotatable bonds is 3. The van der Waals surface area contributed by atoms with Gasteiger partial charge in [0.1, 0.15) is 6.26 Å². The van der Waals surface area contributed by atoms with Crippen LogP contribution in [0.2, 0.25) is 0 Å². The molecule has 10 heavy (non-hydrogen) atoms. The van der Waals surface area contributed by atoms with E-state index < -0.39 is 0 Å². The maximum absolute atomic E-state index is 5.47. The van der Waals surface area contributed by atoms with Crippen LogP contribution in [0.1, 0.15) is 5.69 Å². The molecule has 0 aromatic carbocycles. The molecule has 1 heterocycles. The SMILES string of the molecule is Cc1coc(SCCCl)n1. The van der Waals surface area contributed by atoms with Crippen molar-refractivity contribution in [1.82, 2.24) is 4.98 Å². The van der Waals surface area contributed by atoms with E-state index in [0.29, 0.717) is 11.1 Å². The minimum Gasteiger partial charge on any atom is -0.440 e. The minimum absolute atomic E-state index is 0.631. The average molecular weight is 178 g/mol. The zero-order valence-corrected chi connectivity index (χ0v) is 7.21. The Morgan fingerprint density at radius 1 is 1.80 bits per heavy atom. The normalized spacial score (nSPS) is 10.2. The molecule has 0 radical (unpaired) electrons. The number of thioether (sulfide) groups is 1. The number of oxazole rings is 1. The van der Waals surface area contributed by atoms with Gasteiger partial charge < -0.3 is 4.42 Å². The Morgan fingerprint density at radius 2 is 2.60 bits per heavy atom. The molecule has 1 rings (SSSR count). The van der Waals surface area contributed by atoms with Crippen LogP contribution in [0.5, 0.6) is 0 Å². The molecule has 0 N–H and O–H groups in total. The molecule has 0 saturated carbocycles. The number of alkyl halides is 1. The third kappa shape index (κ3) is 2.23. The van der Waals surface area contributed by atoms with Crippen molar-refractivity contribution in [2.75, 3.05) is 11.6 Å². The maximum atomic E-state index is 5.47. The molecule has 0 spiro atoms. The van der Waals surface area contributed by atoms with Crippen LogP contribution in [-0.4, -0.2) is 16.6 Å². The molecule has 4 heteroatoms. The van der Waals surface area contributed by atoms with Crippen molar-refractivity contribution in [3.63, 3.8) is 0 Å². The molecule has 0 aliphatic rings. The van der Waals surface area contributed by atoms with Crippen LogP contribution in [0.4, 0.5) is 0 Å². The highest BCUT2D eigenvalue weighted by Crippen LogP contribution is 2.16. The van der Waals surface area contributed by atoms with Gasteiger partial charge in [0.25, 0.3) is 5.22 Å². The predicted octanol–water partition coefficient (Wildman–Crippen LogP) is 2.31. The summed E-state index contributed by atoms with van der Waals surface area (Å²) in [6, 6.07) is 0. The van der Waals surface area contributed by atoms with Gasteiger partial charge >= 0.3 is 0 Å². The molecule has 2 nitrogen and oxygen atoms in total. The topological polar surface area (TPSA) is 26.0 Å². The molecule has 0 bridgehead atoms. The largest absolute Gasteiger partial charge is 0.440 e. The zero-order chi connectivity index (χ0) is 7.40. The number of hydrogen-bond acceptors (Lipinski definition) is 3. The molecule has 0 unspecified atom stereocenters. The van der Waals surface area contributed by atoms with Crippen molar-refractivity contribution in [2.45, 2.75) is 12.1 Å². The Labute approximate surface area is 69.0 Å². The lowest BCUT2D eigenvalue weighted by molar-refractivity contribution is 0.454. The van der Waals surface area contributed by atoms with E-state index in [1.54, 1.807) is 6.26 Å². The summed E-state index contributed by atoms with van der Waals surface area (Å²) in [7, 11) is 0. The van der Waals surface area contributed by atoms with Crippen molar-refractivity contribution in [3.05, 3.63) is 12.0 Å². The van der Waals surface area contributed by atoms with Crippen molar-refractivity contribution in [3.8, 4) is 0 Å². The standard InChI is InChI=1S/C6H8ClNOS/c1-5-4-9-6(8-5)10-3-2-7/h4H,2-3H2,1H3. The van der Waals surface area contributed by atoms with Gasteiger partial charge in [-0.2, -0.15) is 0 Å². The van der Waals surface area contributed by atoms with E-state index in [1.165, 1.54) is 11.8 Å². The smallest absolute Gasteiger partial charge is 0.255 e. The quantitative estimate of drug-likeness (QED) is 0.524. The lowest BCUT2D eigenvalue weighted by Crippen LogP contribution is -1.78. The molecule has 0 aliphatic heterocycles. The molecule has 56 valence electrons. The average Bonchev–Trinajstić information content (AvgIpc) is 2.31. The van der Waals surface area contributed by atoms with Gasteiger partial charge in [-0.25, -0.2) is 4.98 Å². The van der Waals surface area contributed by atoms with Crippen LogP contribution in [0.25, 0.3) is 0 Å². The molecule has 1 aromatic heterocycles. The summed E-state index contributed by atoms with van der Waals surface area (Å²) in [6.45, 7) is 1.90. The van der Waals surface area contributed by atoms with Crippen molar-refractivity contribution in [2.24, 2.45) is 0 Å². The number of aromatic nitrogens is 1. The van der Waals surface area contributed by atoms with Gasteiger partial charge in [0.15, 0.2) is 0 Å². The van der Waals surface area contributed by atoms with E-state index in [9.17, 15) is 0 Å². The molecule has 0 atom stereocenters. The zero-order valence-electron chi connectivity index (χ0n) is 5.63. The molecule has 0 aliphatic carbocycles. The second kappa shape index (κ2) is 3.88. The van der Waals surface area contributed by atoms with E-state index in [1.807, 2.05) is 6.92 Å². The third-order valence-corrected chi connectivity index (χ3v) is 2.16. The van der Waals surface area contributed by atoms with Gasteiger partial charge in [-0.15, -0.1) is 11.6 Å². The highest BCUT2D eigenvalue weighted by molar-refractivity contribution is 7.99. The third-order valence-electron chi connectivity index (χ3n) is 0.901. The van der Waals surface area contributed by atoms with E-state index in [2.05, 4.69) is 4.98 Å². The van der Waals surface area contributed by atoms with Crippen LogP contribution in [0.15, 0.2) is 15.9 Å². The summed E-state index contributed by atoms with van der Waals surface area (Å²) in [5.74, 6) is 1.48. The highest BCUT2D eigenvalue weighted by atomic mass is 35.5. The Morgan fingerprint density at radius 3 is 3.10 bits per heavy atom. The molecular formula is C6H8ClNOS. The Bertz CT molecular complexity index is 201. The monoisotopic (exact) mass is 177 g/mol. The first-order valence-electron chi connectivity index (χ1n) is 2.94. The van der Waals surface area contributed by atoms with E-state index in [4.69, 9.17) is 16.0 Å². The predicted molar refractivity (Wildman–Crippen MR) is 42.7 cm³/mol. The molecule has 1 aromatic rings. The lowest BCUT2D eigenvalue weighted by atomic mass is 10.6. The fourth-order valence-electron chi connectivity index (χ4n) is 0.525. The first-order chi connectivity index (χ1) is 4.83. The Kier molecular flexibility index (Phi) is 3.09. The second-order valence-corrected chi connectivity index (χ2v) is 3.22. The van der Waals surface area contributed by atoms with Gasteiger partial charge in [-0.1, -0.05) is 11.8 Å². The van der Waals surface area contributed by atoms with Gasteiger partial charge in [-0.05, 0) is 6.92 Å². The lowest BCUT2D eigenvalue weighted by Gasteiger charge is -1.87. The molecule has 0 amide bonds. The maximum Gasteiger partial charge on any atom is 0.255 e. The van der Waals surface area contributed by atoms with Crippen molar-refractivity contribution < 1.29 is 4.42 Å². The van der Waals surface area contributed by atoms with Crippen LogP contribution in [0, 0.1) is 6.92 Å². The summed E-state index contributed by atoms with van der Waals surface area (Å²) in [5, 5.41) is 0.707. The molecule has 0 fully saturated rings. The van der Waals surface area contributed by atoms with Crippen molar-refractivity contribution in [1.29, 1.82) is 0 Å². The summed E-state index contributed by atoms with van der Waals surface area (Å²) in [5.41, 5.74) is 0.914. The Hall–Kier alpha value is -0.150. The number of halogens is 1. The summed E-state index contributed by atoms with van der Waals surface area (Å²) < 4.78 is 5.06. The number of hydrogen-bond donors (Lipinski definition) is 0. The van der Waals surface area contributed by atoms with Gasteiger partial charge in [0.05, 0.1) is 5.69 Å². The van der Waals surface area contributed by atoms with Crippen LogP contribution < -0.4 is 0 Å². The fourth-order valence-corrected chi connectivity index (χ4v) is 1.33. The molecular weight excluding hydrogens is 170 g/mol. The Balaban J connectivity index is 2.42. The van der Waals surface area contributed by atoms with E-state index in [-0.39, 0.29) is 0 Å². The first kappa shape index (κ1) is 7.95. The number of nitrogens with zero attached hydrogens (tertiary/aromatic N) is 1. The van der Waals surface area contributed by atoms with Gasteiger partial charge in [-0.3, -0.25) is 0 Å². The second-order valence-electron chi connectivity index (χ2n) is 1.79. The van der Waals surface area contributed by atoms with E-state index in [0.717, 1.165) is 11.4 Å². The van der Waals surface area contributed by atoms with Gasteiger partial charge in [0.2, 0.25) is 0 Å².